The first-order valence-corrected chi connectivity index (χ1v) is 12.7. The molecule has 0 amide bonds. The molecular weight excluding hydrogens is 481 g/mol. The summed E-state index contributed by atoms with van der Waals surface area (Å²) >= 11 is -0.934. The van der Waals surface area contributed by atoms with Gasteiger partial charge < -0.3 is 14.4 Å². The van der Waals surface area contributed by atoms with E-state index < -0.39 is 38.5 Å². The Hall–Kier alpha value is -1.70. The van der Waals surface area contributed by atoms with Crippen LogP contribution in [0, 0.1) is 27.2 Å². The van der Waals surface area contributed by atoms with Gasteiger partial charge in [-0.3, -0.25) is 0 Å². The summed E-state index contributed by atoms with van der Waals surface area (Å²) in [6, 6.07) is 8.10. The van der Waals surface area contributed by atoms with Crippen molar-refractivity contribution < 1.29 is 19.1 Å². The number of rotatable bonds is 2. The third-order valence-corrected chi connectivity index (χ3v) is 10.2. The summed E-state index contributed by atoms with van der Waals surface area (Å²) in [5, 5.41) is 0. The van der Waals surface area contributed by atoms with Gasteiger partial charge in [0.05, 0.1) is 0 Å². The van der Waals surface area contributed by atoms with Gasteiger partial charge in [0.1, 0.15) is 0 Å². The maximum absolute atomic E-state index is 12.9. The molecule has 2 saturated heterocycles. The number of carbonyl (C=O) groups excluding carboxylic acids is 2. The number of nitrogens with zero attached hydrogens (tertiary/aromatic N) is 1. The Morgan fingerprint density at radius 1 is 0.931 bits per heavy atom. The molecule has 0 aromatic heterocycles. The van der Waals surface area contributed by atoms with Gasteiger partial charge in [-0.25, -0.2) is 9.59 Å². The molecular formula is C23H24INO4. The molecule has 2 heterocycles. The summed E-state index contributed by atoms with van der Waals surface area (Å²) in [6.45, 7) is 5.03. The zero-order valence-corrected chi connectivity index (χ0v) is 18.4. The van der Waals surface area contributed by atoms with Crippen LogP contribution in [-0.2, 0) is 19.1 Å². The van der Waals surface area contributed by atoms with E-state index in [9.17, 15) is 9.59 Å². The Balaban J connectivity index is 1.24. The van der Waals surface area contributed by atoms with Crippen molar-refractivity contribution in [1.82, 2.24) is 0 Å². The molecule has 1 aromatic rings. The van der Waals surface area contributed by atoms with Gasteiger partial charge in [0.25, 0.3) is 5.79 Å². The van der Waals surface area contributed by atoms with Crippen molar-refractivity contribution in [2.45, 2.75) is 44.3 Å². The van der Waals surface area contributed by atoms with Crippen molar-refractivity contribution in [2.24, 2.45) is 23.7 Å². The van der Waals surface area contributed by atoms with Crippen molar-refractivity contribution in [1.29, 1.82) is 0 Å². The lowest BCUT2D eigenvalue weighted by Gasteiger charge is -2.59. The van der Waals surface area contributed by atoms with E-state index >= 15 is 0 Å². The van der Waals surface area contributed by atoms with Crippen LogP contribution in [0.3, 0.4) is 0 Å². The fourth-order valence-corrected chi connectivity index (χ4v) is 8.22. The van der Waals surface area contributed by atoms with Crippen LogP contribution in [0.25, 0.3) is 0 Å². The number of esters is 2. The molecule has 4 saturated carbocycles. The van der Waals surface area contributed by atoms with Crippen molar-refractivity contribution in [3.63, 3.8) is 0 Å². The first-order valence-electron chi connectivity index (χ1n) is 10.6. The maximum Gasteiger partial charge on any atom is 0.354 e. The number of hydrogen-bond acceptors (Lipinski definition) is 5. The van der Waals surface area contributed by atoms with Gasteiger partial charge in [0, 0.05) is 39.8 Å². The van der Waals surface area contributed by atoms with Gasteiger partial charge in [-0.2, -0.15) is 0 Å². The predicted octanol–water partition coefficient (Wildman–Crippen LogP) is 3.98. The van der Waals surface area contributed by atoms with Crippen LogP contribution in [-0.4, -0.2) is 27.8 Å². The molecule has 29 heavy (non-hydrogen) atoms. The first kappa shape index (κ1) is 18.1. The van der Waals surface area contributed by atoms with Gasteiger partial charge in [-0.1, -0.05) is 27.3 Å². The number of halogens is 1. The lowest BCUT2D eigenvalue weighted by Crippen LogP contribution is -2.65. The van der Waals surface area contributed by atoms with E-state index in [4.69, 9.17) is 9.47 Å². The van der Waals surface area contributed by atoms with Crippen molar-refractivity contribution in [3.05, 3.63) is 40.1 Å². The predicted molar refractivity (Wildman–Crippen MR) is 117 cm³/mol. The molecule has 6 fully saturated rings. The van der Waals surface area contributed by atoms with Gasteiger partial charge >= 0.3 is 11.9 Å². The van der Waals surface area contributed by atoms with Crippen LogP contribution in [0.15, 0.2) is 36.5 Å². The molecule has 1 spiro atoms. The maximum atomic E-state index is 12.9. The minimum atomic E-state index is -0.976. The topological polar surface area (TPSA) is 55.8 Å². The quantitative estimate of drug-likeness (QED) is 0.450. The summed E-state index contributed by atoms with van der Waals surface area (Å²) in [4.78, 5) is 28.0. The molecule has 6 aliphatic rings. The number of carbonyl (C=O) groups is 2. The average Bonchev–Trinajstić information content (AvgIpc) is 2.68. The second-order valence-electron chi connectivity index (χ2n) is 9.16. The first-order chi connectivity index (χ1) is 14.0. The van der Waals surface area contributed by atoms with Crippen LogP contribution >= 0.6 is 20.7 Å². The zero-order chi connectivity index (χ0) is 19.8. The molecule has 5 nitrogen and oxygen atoms in total. The molecule has 6 heteroatoms. The summed E-state index contributed by atoms with van der Waals surface area (Å²) in [5.74, 6) is -0.0102. The van der Waals surface area contributed by atoms with Gasteiger partial charge in [-0.05, 0) is 68.2 Å². The summed E-state index contributed by atoms with van der Waals surface area (Å²) < 4.78 is 13.2. The molecule has 1 aromatic carbocycles. The minimum absolute atomic E-state index is 0.190. The van der Waals surface area contributed by atoms with Crippen LogP contribution in [0.5, 0.6) is 0 Å². The largest absolute Gasteiger partial charge is 0.418 e. The number of hydrogen-bond donors (Lipinski definition) is 0. The zero-order valence-electron chi connectivity index (χ0n) is 16.2. The van der Waals surface area contributed by atoms with Crippen LogP contribution in [0.4, 0.5) is 5.69 Å². The Labute approximate surface area is 180 Å². The lowest BCUT2D eigenvalue weighted by molar-refractivity contribution is -0.308. The molecule has 0 unspecified atom stereocenters. The van der Waals surface area contributed by atoms with E-state index in [1.54, 1.807) is 0 Å². The molecule has 4 aliphatic carbocycles. The minimum Gasteiger partial charge on any atom is -0.418 e. The number of anilines is 1. The Kier molecular flexibility index (Phi) is 3.99. The average molecular weight is 505 g/mol. The fourth-order valence-electron chi connectivity index (χ4n) is 6.22. The standard InChI is InChI=1S/C23H24INO4/c1-13-6-7-25(13)19-4-2-18(3-5-19)24-20-21(26)28-23(29-22(20)27)16-9-14-8-15(11-16)12-17(23)10-14/h2-5,14-17H,1,6-12H2. The second-order valence-corrected chi connectivity index (χ2v) is 12.0. The highest BCUT2D eigenvalue weighted by molar-refractivity contribution is 14.2. The van der Waals surface area contributed by atoms with E-state index in [0.717, 1.165) is 65.4 Å². The smallest absolute Gasteiger partial charge is 0.354 e. The second kappa shape index (κ2) is 6.40. The highest BCUT2D eigenvalue weighted by Gasteiger charge is 2.64. The van der Waals surface area contributed by atoms with E-state index in [1.165, 1.54) is 6.42 Å². The van der Waals surface area contributed by atoms with Gasteiger partial charge in [0.15, 0.2) is 3.51 Å². The lowest BCUT2D eigenvalue weighted by atomic mass is 9.53. The van der Waals surface area contributed by atoms with Crippen molar-refractivity contribution >= 4 is 41.9 Å². The Morgan fingerprint density at radius 2 is 1.52 bits per heavy atom. The van der Waals surface area contributed by atoms with Crippen LogP contribution in [0.2, 0.25) is 0 Å². The SMILES string of the molecule is C=C1CCN1c1ccc(I=C2C(=O)OC3(OC2=O)C2CC4CC(C2)CC3C4)cc1. The van der Waals surface area contributed by atoms with E-state index in [1.807, 2.05) is 24.3 Å². The van der Waals surface area contributed by atoms with Gasteiger partial charge in [0.2, 0.25) is 0 Å². The number of ether oxygens (including phenoxy) is 2. The number of benzene rings is 1. The van der Waals surface area contributed by atoms with Gasteiger partial charge in [-0.15, -0.1) is 0 Å². The molecule has 0 atom stereocenters. The molecule has 0 N–H and O–H groups in total. The third kappa shape index (κ3) is 2.74. The molecule has 0 radical (unpaired) electrons. The van der Waals surface area contributed by atoms with Crippen molar-refractivity contribution in [3.8, 4) is 0 Å². The molecule has 4 bridgehead atoms. The van der Waals surface area contributed by atoms with E-state index in [0.29, 0.717) is 0 Å². The summed E-state index contributed by atoms with van der Waals surface area (Å²) in [5.41, 5.74) is 2.24. The third-order valence-electron chi connectivity index (χ3n) is 7.49. The summed E-state index contributed by atoms with van der Waals surface area (Å²) in [6.07, 6.45) is 6.45. The fraction of sp³-hybridized carbons (Fsp3) is 0.522. The van der Waals surface area contributed by atoms with Crippen molar-refractivity contribution in [2.75, 3.05) is 11.4 Å². The summed E-state index contributed by atoms with van der Waals surface area (Å²) in [7, 11) is 0. The Morgan fingerprint density at radius 3 is 2.00 bits per heavy atom. The van der Waals surface area contributed by atoms with Crippen LogP contribution in [0.1, 0.15) is 38.5 Å². The molecule has 152 valence electrons. The van der Waals surface area contributed by atoms with Crippen LogP contribution < -0.4 is 4.90 Å². The Bertz CT molecular complexity index is 900. The monoisotopic (exact) mass is 505 g/mol. The highest BCUT2D eigenvalue weighted by atomic mass is 127. The normalized spacial score (nSPS) is 37.6. The molecule has 7 rings (SSSR count). The molecule has 2 aliphatic heterocycles. The highest BCUT2D eigenvalue weighted by Crippen LogP contribution is 2.60. The van der Waals surface area contributed by atoms with E-state index in [2.05, 4.69) is 11.5 Å². The van der Waals surface area contributed by atoms with E-state index in [-0.39, 0.29) is 15.3 Å².